The monoisotopic (exact) mass is 259 g/mol. The fourth-order valence-corrected chi connectivity index (χ4v) is 0.729. The van der Waals surface area contributed by atoms with E-state index in [-0.39, 0.29) is 24.0 Å². The van der Waals surface area contributed by atoms with E-state index in [1.165, 1.54) is 23.3 Å². The smallest absolute Gasteiger partial charge is 1.00 e. The summed E-state index contributed by atoms with van der Waals surface area (Å²) in [4.78, 5) is 0. The van der Waals surface area contributed by atoms with Gasteiger partial charge < -0.3 is 24.0 Å². The first-order valence-corrected chi connectivity index (χ1v) is 4.18. The Kier molecular flexibility index (Phi) is 15.3. The van der Waals surface area contributed by atoms with Gasteiger partial charge in [0, 0.05) is 0 Å². The molecule has 0 aliphatic carbocycles. The minimum absolute atomic E-state index is 0. The maximum Gasteiger partial charge on any atom is -1.00 e. The topological polar surface area (TPSA) is 23.8 Å². The first kappa shape index (κ1) is 10.8. The molecule has 0 aliphatic heterocycles. The van der Waals surface area contributed by atoms with E-state index in [2.05, 4.69) is 6.07 Å². The van der Waals surface area contributed by atoms with Crippen LogP contribution in [0.5, 0.6) is 0 Å². The normalized spacial score (nSPS) is 6.43. The summed E-state index contributed by atoms with van der Waals surface area (Å²) in [5, 5.41) is 9.22. The second-order valence-corrected chi connectivity index (χ2v) is 2.60. The Morgan fingerprint density at radius 1 is 1.57 bits per heavy atom. The van der Waals surface area contributed by atoms with Crippen molar-refractivity contribution in [2.75, 3.05) is 0 Å². The number of hydrogen-bond donors (Lipinski definition) is 0. The molecule has 0 amide bonds. The fraction of sp³-hybridized carbons (Fsp3) is 0.750. The predicted octanol–water partition coefficient (Wildman–Crippen LogP) is -1.74. The number of nitrogens with zero attached hydrogens (tertiary/aromatic N) is 1. The number of nitriles is 1. The quantitative estimate of drug-likeness (QED) is 0.328. The molecule has 7 heavy (non-hydrogen) atoms. The zero-order valence-corrected chi connectivity index (χ0v) is 9.28. The van der Waals surface area contributed by atoms with E-state index >= 15 is 0 Å². The average molecular weight is 260 g/mol. The van der Waals surface area contributed by atoms with Crippen molar-refractivity contribution in [3.63, 3.8) is 0 Å². The molecular formula is C4H6INZn. The molecule has 0 aliphatic rings. The number of halogens is 1. The Morgan fingerprint density at radius 3 is 2.29 bits per heavy atom. The Morgan fingerprint density at radius 2 is 2.14 bits per heavy atom. The molecule has 0 unspecified atom stereocenters. The molecule has 0 heterocycles. The van der Waals surface area contributed by atoms with Crippen molar-refractivity contribution in [2.45, 2.75) is 17.9 Å². The van der Waals surface area contributed by atoms with E-state index in [4.69, 9.17) is 5.26 Å². The van der Waals surface area contributed by atoms with E-state index in [9.17, 15) is 0 Å². The van der Waals surface area contributed by atoms with Crippen LogP contribution in [-0.2, 0) is 18.3 Å². The molecule has 0 saturated carbocycles. The summed E-state index contributed by atoms with van der Waals surface area (Å²) in [6.07, 6.45) is 1.86. The summed E-state index contributed by atoms with van der Waals surface area (Å²) in [7, 11) is 0. The fourth-order valence-electron chi connectivity index (χ4n) is 0.204. The van der Waals surface area contributed by atoms with Gasteiger partial charge in [-0.3, -0.25) is 0 Å². The van der Waals surface area contributed by atoms with Crippen molar-refractivity contribution in [1.29, 1.82) is 5.26 Å². The van der Waals surface area contributed by atoms with E-state index in [1.54, 1.807) is 0 Å². The average Bonchev–Trinajstić information content (AvgIpc) is 1.61. The molecule has 0 atom stereocenters. The second kappa shape index (κ2) is 9.96. The third-order valence-electron chi connectivity index (χ3n) is 0.539. The Hall–Kier alpha value is 0.843. The first-order chi connectivity index (χ1) is 2.91. The van der Waals surface area contributed by atoms with Gasteiger partial charge in [-0.25, -0.2) is 0 Å². The number of rotatable bonds is 2. The molecule has 0 fully saturated rings. The molecule has 0 bridgehead atoms. The largest absolute Gasteiger partial charge is 1.00 e. The van der Waals surface area contributed by atoms with E-state index in [0.29, 0.717) is 0 Å². The summed E-state index contributed by atoms with van der Waals surface area (Å²) in [6.45, 7) is 0. The van der Waals surface area contributed by atoms with Crippen molar-refractivity contribution < 1.29 is 42.3 Å². The Balaban J connectivity index is 0. The third kappa shape index (κ3) is 10.9. The van der Waals surface area contributed by atoms with Crippen LogP contribution in [-0.4, -0.2) is 0 Å². The van der Waals surface area contributed by atoms with Gasteiger partial charge in [0.05, 0.1) is 0 Å². The van der Waals surface area contributed by atoms with E-state index in [0.717, 1.165) is 12.8 Å². The minimum Gasteiger partial charge on any atom is -1.00 e. The molecule has 3 heteroatoms. The summed E-state index contributed by atoms with van der Waals surface area (Å²) >= 11 is 1.34. The molecule has 0 rings (SSSR count). The van der Waals surface area contributed by atoms with Crippen molar-refractivity contribution in [2.24, 2.45) is 0 Å². The summed E-state index contributed by atoms with van der Waals surface area (Å²) in [5.41, 5.74) is 0. The second-order valence-electron chi connectivity index (χ2n) is 1.12. The van der Waals surface area contributed by atoms with Crippen LogP contribution in [0.4, 0.5) is 0 Å². The van der Waals surface area contributed by atoms with Gasteiger partial charge in [0.1, 0.15) is 0 Å². The maximum atomic E-state index is 7.96. The molecule has 0 aromatic heterocycles. The molecule has 36 valence electrons. The molecular weight excluding hydrogens is 254 g/mol. The van der Waals surface area contributed by atoms with Gasteiger partial charge >= 0.3 is 47.5 Å². The van der Waals surface area contributed by atoms with Crippen LogP contribution in [0.25, 0.3) is 0 Å². The van der Waals surface area contributed by atoms with Gasteiger partial charge in [-0.15, -0.1) is 0 Å². The van der Waals surface area contributed by atoms with Crippen LogP contribution >= 0.6 is 0 Å². The van der Waals surface area contributed by atoms with Crippen LogP contribution in [0.2, 0.25) is 5.02 Å². The van der Waals surface area contributed by atoms with Crippen molar-refractivity contribution in [3.8, 4) is 6.07 Å². The standard InChI is InChI=1S/C4H6N.HI.Zn/c1-2-3-4-5;;/h1-3H2;1H;/q;;+1/p-1. The van der Waals surface area contributed by atoms with Crippen molar-refractivity contribution >= 4 is 0 Å². The van der Waals surface area contributed by atoms with Gasteiger partial charge in [-0.2, -0.15) is 0 Å². The van der Waals surface area contributed by atoms with Crippen LogP contribution in [0.1, 0.15) is 12.8 Å². The van der Waals surface area contributed by atoms with Gasteiger partial charge in [-0.1, -0.05) is 0 Å². The van der Waals surface area contributed by atoms with Crippen LogP contribution in [0.15, 0.2) is 0 Å². The summed E-state index contributed by atoms with van der Waals surface area (Å²) in [5.74, 6) is 0. The minimum atomic E-state index is 0. The Labute approximate surface area is 71.2 Å². The SMILES string of the molecule is N#CCC[CH2][Zn+].[I-]. The van der Waals surface area contributed by atoms with Gasteiger partial charge in [0.15, 0.2) is 0 Å². The van der Waals surface area contributed by atoms with Gasteiger partial charge in [0.25, 0.3) is 0 Å². The Bertz CT molecular complexity index is 59.2. The zero-order chi connectivity index (χ0) is 4.83. The van der Waals surface area contributed by atoms with Crippen LogP contribution in [0, 0.1) is 11.3 Å². The number of hydrogen-bond acceptors (Lipinski definition) is 1. The first-order valence-electron chi connectivity index (χ1n) is 2.08. The van der Waals surface area contributed by atoms with Crippen LogP contribution in [0.3, 0.4) is 0 Å². The molecule has 0 saturated heterocycles. The molecule has 0 N–H and O–H groups in total. The molecule has 0 aromatic rings. The molecule has 0 spiro atoms. The van der Waals surface area contributed by atoms with Crippen molar-refractivity contribution in [3.05, 3.63) is 0 Å². The summed E-state index contributed by atoms with van der Waals surface area (Å²) in [6, 6.07) is 2.09. The van der Waals surface area contributed by atoms with E-state index < -0.39 is 0 Å². The van der Waals surface area contributed by atoms with E-state index in [1.807, 2.05) is 0 Å². The molecule has 0 radical (unpaired) electrons. The predicted molar refractivity (Wildman–Crippen MR) is 19.7 cm³/mol. The third-order valence-corrected chi connectivity index (χ3v) is 1.59. The number of unbranched alkanes of at least 4 members (excludes halogenated alkanes) is 1. The zero-order valence-electron chi connectivity index (χ0n) is 4.15. The summed E-state index contributed by atoms with van der Waals surface area (Å²) < 4.78 is 0. The van der Waals surface area contributed by atoms with Crippen molar-refractivity contribution in [1.82, 2.24) is 0 Å². The van der Waals surface area contributed by atoms with Gasteiger partial charge in [-0.05, 0) is 0 Å². The maximum absolute atomic E-state index is 7.96. The van der Waals surface area contributed by atoms with Gasteiger partial charge in [0.2, 0.25) is 0 Å². The van der Waals surface area contributed by atoms with Crippen LogP contribution < -0.4 is 24.0 Å². The molecule has 0 aromatic carbocycles. The molecule has 1 nitrogen and oxygen atoms in total.